The van der Waals surface area contributed by atoms with Crippen LogP contribution in [0.2, 0.25) is 0 Å². The van der Waals surface area contributed by atoms with Gasteiger partial charge < -0.3 is 9.64 Å². The summed E-state index contributed by atoms with van der Waals surface area (Å²) < 4.78 is 5.22. The Labute approximate surface area is 159 Å². The number of benzene rings is 1. The third-order valence-electron chi connectivity index (χ3n) is 4.95. The molecule has 6 heteroatoms. The van der Waals surface area contributed by atoms with Crippen molar-refractivity contribution in [2.24, 2.45) is 0 Å². The Morgan fingerprint density at radius 1 is 1.23 bits per heavy atom. The van der Waals surface area contributed by atoms with E-state index in [0.29, 0.717) is 12.1 Å². The molecule has 0 N–H and O–H groups in total. The molecule has 5 nitrogen and oxygen atoms in total. The van der Waals surface area contributed by atoms with Crippen molar-refractivity contribution in [3.8, 4) is 10.6 Å². The lowest BCUT2D eigenvalue weighted by atomic mass is 10.1. The highest BCUT2D eigenvalue weighted by atomic mass is 32.1. The van der Waals surface area contributed by atoms with Crippen LogP contribution in [0.4, 0.5) is 0 Å². The van der Waals surface area contributed by atoms with Crippen molar-refractivity contribution in [3.05, 3.63) is 40.9 Å². The van der Waals surface area contributed by atoms with Crippen molar-refractivity contribution < 1.29 is 9.53 Å². The summed E-state index contributed by atoms with van der Waals surface area (Å²) in [5.41, 5.74) is 1.88. The van der Waals surface area contributed by atoms with E-state index in [2.05, 4.69) is 23.7 Å². The number of carbonyl (C=O) groups is 1. The Hall–Kier alpha value is -1.76. The van der Waals surface area contributed by atoms with Gasteiger partial charge in [-0.15, -0.1) is 11.3 Å². The molecule has 1 fully saturated rings. The van der Waals surface area contributed by atoms with Crippen LogP contribution >= 0.6 is 11.3 Å². The molecule has 1 aliphatic rings. The number of carbonyl (C=O) groups excluding carboxylic acids is 1. The number of aryl methyl sites for hydroxylation is 1. The number of methoxy groups -OCH3 is 1. The van der Waals surface area contributed by atoms with Crippen molar-refractivity contribution in [2.75, 3.05) is 33.4 Å². The Kier molecular flexibility index (Phi) is 6.06. The quantitative estimate of drug-likeness (QED) is 0.807. The lowest BCUT2D eigenvalue weighted by Gasteiger charge is -2.44. The van der Waals surface area contributed by atoms with Crippen molar-refractivity contribution in [2.45, 2.75) is 32.9 Å². The smallest absolute Gasteiger partial charge is 0.265 e. The molecule has 140 valence electrons. The topological polar surface area (TPSA) is 45.7 Å². The van der Waals surface area contributed by atoms with Crippen LogP contribution in [0.1, 0.15) is 29.2 Å². The summed E-state index contributed by atoms with van der Waals surface area (Å²) in [5, 5.41) is 0.909. The van der Waals surface area contributed by atoms with Crippen molar-refractivity contribution >= 4 is 17.2 Å². The number of amides is 1. The molecule has 0 radical (unpaired) electrons. The van der Waals surface area contributed by atoms with E-state index in [-0.39, 0.29) is 5.91 Å². The van der Waals surface area contributed by atoms with E-state index in [9.17, 15) is 4.79 Å². The van der Waals surface area contributed by atoms with Crippen LogP contribution in [0.3, 0.4) is 0 Å². The maximum absolute atomic E-state index is 13.1. The van der Waals surface area contributed by atoms with Gasteiger partial charge >= 0.3 is 0 Å². The SMILES string of the molecule is COCCN1C(C)CN(C(=O)c2sc(-c3ccccc3)nc2C)CC1C. The van der Waals surface area contributed by atoms with Gasteiger partial charge in [0.25, 0.3) is 5.91 Å². The molecule has 0 saturated carbocycles. The standard InChI is InChI=1S/C20H27N3O2S/c1-14-12-22(13-15(2)23(14)10-11-25-4)20(24)18-16(3)21-19(26-18)17-8-6-5-7-9-17/h5-9,14-15H,10-13H2,1-4H3. The molecule has 0 bridgehead atoms. The molecule has 1 saturated heterocycles. The summed E-state index contributed by atoms with van der Waals surface area (Å²) in [6, 6.07) is 10.7. The minimum Gasteiger partial charge on any atom is -0.383 e. The van der Waals surface area contributed by atoms with Crippen molar-refractivity contribution in [1.82, 2.24) is 14.8 Å². The summed E-state index contributed by atoms with van der Waals surface area (Å²) in [6.07, 6.45) is 0. The molecule has 2 atom stereocenters. The molecule has 1 aromatic heterocycles. The molecule has 1 aliphatic heterocycles. The first kappa shape index (κ1) is 19.0. The van der Waals surface area contributed by atoms with Gasteiger partial charge in [-0.3, -0.25) is 9.69 Å². The largest absolute Gasteiger partial charge is 0.383 e. The van der Waals surface area contributed by atoms with Gasteiger partial charge in [-0.1, -0.05) is 30.3 Å². The van der Waals surface area contributed by atoms with E-state index in [0.717, 1.165) is 47.4 Å². The highest BCUT2D eigenvalue weighted by Crippen LogP contribution is 2.29. The maximum Gasteiger partial charge on any atom is 0.265 e. The summed E-state index contributed by atoms with van der Waals surface area (Å²) in [6.45, 7) is 9.39. The van der Waals surface area contributed by atoms with E-state index in [1.165, 1.54) is 11.3 Å². The molecule has 2 heterocycles. The van der Waals surface area contributed by atoms with Gasteiger partial charge in [0.05, 0.1) is 12.3 Å². The zero-order valence-electron chi connectivity index (χ0n) is 15.9. The maximum atomic E-state index is 13.1. The molecule has 0 aliphatic carbocycles. The second-order valence-corrected chi connectivity index (χ2v) is 7.94. The van der Waals surface area contributed by atoms with Gasteiger partial charge in [0.1, 0.15) is 9.88 Å². The predicted molar refractivity (Wildman–Crippen MR) is 106 cm³/mol. The molecular weight excluding hydrogens is 346 g/mol. The highest BCUT2D eigenvalue weighted by molar-refractivity contribution is 7.17. The second-order valence-electron chi connectivity index (χ2n) is 6.94. The highest BCUT2D eigenvalue weighted by Gasteiger charge is 2.33. The average Bonchev–Trinajstić information content (AvgIpc) is 3.03. The van der Waals surface area contributed by atoms with Crippen molar-refractivity contribution in [3.63, 3.8) is 0 Å². The van der Waals surface area contributed by atoms with E-state index in [1.807, 2.05) is 42.2 Å². The third-order valence-corrected chi connectivity index (χ3v) is 6.15. The molecule has 1 aromatic carbocycles. The molecule has 3 rings (SSSR count). The number of nitrogens with zero attached hydrogens (tertiary/aromatic N) is 3. The number of hydrogen-bond acceptors (Lipinski definition) is 5. The second kappa shape index (κ2) is 8.29. The fourth-order valence-electron chi connectivity index (χ4n) is 3.60. The number of aromatic nitrogens is 1. The first-order valence-electron chi connectivity index (χ1n) is 9.08. The van der Waals surface area contributed by atoms with Gasteiger partial charge in [-0.05, 0) is 20.8 Å². The van der Waals surface area contributed by atoms with E-state index >= 15 is 0 Å². The summed E-state index contributed by atoms with van der Waals surface area (Å²) in [7, 11) is 1.73. The van der Waals surface area contributed by atoms with Crippen LogP contribution in [-0.2, 0) is 4.74 Å². The molecular formula is C20H27N3O2S. The monoisotopic (exact) mass is 373 g/mol. The van der Waals surface area contributed by atoms with Crippen LogP contribution in [0.25, 0.3) is 10.6 Å². The fraction of sp³-hybridized carbons (Fsp3) is 0.500. The van der Waals surface area contributed by atoms with Crippen LogP contribution in [0, 0.1) is 6.92 Å². The summed E-state index contributed by atoms with van der Waals surface area (Å²) in [5.74, 6) is 0.104. The van der Waals surface area contributed by atoms with E-state index in [1.54, 1.807) is 7.11 Å². The zero-order chi connectivity index (χ0) is 18.7. The van der Waals surface area contributed by atoms with Crippen molar-refractivity contribution in [1.29, 1.82) is 0 Å². The van der Waals surface area contributed by atoms with Gasteiger partial charge in [0, 0.05) is 44.4 Å². The van der Waals surface area contributed by atoms with E-state index in [4.69, 9.17) is 4.74 Å². The Morgan fingerprint density at radius 3 is 2.50 bits per heavy atom. The van der Waals surface area contributed by atoms with Crippen LogP contribution < -0.4 is 0 Å². The first-order chi connectivity index (χ1) is 12.5. The first-order valence-corrected chi connectivity index (χ1v) is 9.89. The summed E-state index contributed by atoms with van der Waals surface area (Å²) in [4.78, 5) is 22.9. The number of hydrogen-bond donors (Lipinski definition) is 0. The average molecular weight is 374 g/mol. The lowest BCUT2D eigenvalue weighted by molar-refractivity contribution is 0.0195. The van der Waals surface area contributed by atoms with Crippen LogP contribution in [0.5, 0.6) is 0 Å². The van der Waals surface area contributed by atoms with Crippen LogP contribution in [-0.4, -0.2) is 66.1 Å². The Balaban J connectivity index is 1.75. The number of piperazine rings is 1. The number of rotatable bonds is 5. The van der Waals surface area contributed by atoms with Gasteiger partial charge in [-0.25, -0.2) is 4.98 Å². The fourth-order valence-corrected chi connectivity index (χ4v) is 4.64. The molecule has 26 heavy (non-hydrogen) atoms. The minimum atomic E-state index is 0.104. The molecule has 1 amide bonds. The third kappa shape index (κ3) is 3.98. The predicted octanol–water partition coefficient (Wildman–Crippen LogP) is 3.30. The van der Waals surface area contributed by atoms with Crippen LogP contribution in [0.15, 0.2) is 30.3 Å². The van der Waals surface area contributed by atoms with Gasteiger partial charge in [0.15, 0.2) is 0 Å². The molecule has 0 spiro atoms. The normalized spacial score (nSPS) is 21.2. The Morgan fingerprint density at radius 2 is 1.88 bits per heavy atom. The number of thiazole rings is 1. The molecule has 2 unspecified atom stereocenters. The lowest BCUT2D eigenvalue weighted by Crippen LogP contribution is -2.58. The van der Waals surface area contributed by atoms with Gasteiger partial charge in [0.2, 0.25) is 0 Å². The zero-order valence-corrected chi connectivity index (χ0v) is 16.8. The molecule has 2 aromatic rings. The number of ether oxygens (including phenoxy) is 1. The summed E-state index contributed by atoms with van der Waals surface area (Å²) >= 11 is 1.50. The van der Waals surface area contributed by atoms with E-state index < -0.39 is 0 Å². The van der Waals surface area contributed by atoms with Gasteiger partial charge in [-0.2, -0.15) is 0 Å². The minimum absolute atomic E-state index is 0.104. The Bertz CT molecular complexity index is 735.